The Morgan fingerprint density at radius 2 is 1.96 bits per heavy atom. The average molecular weight is 340 g/mol. The van der Waals surface area contributed by atoms with E-state index in [2.05, 4.69) is 0 Å². The lowest BCUT2D eigenvalue weighted by atomic mass is 10.0. The molecule has 0 saturated heterocycles. The Balaban J connectivity index is 1.79. The minimum absolute atomic E-state index is 0.173. The quantitative estimate of drug-likeness (QED) is 0.904. The zero-order chi connectivity index (χ0) is 17.8. The summed E-state index contributed by atoms with van der Waals surface area (Å²) in [5, 5.41) is 0. The van der Waals surface area contributed by atoms with E-state index < -0.39 is 5.91 Å². The summed E-state index contributed by atoms with van der Waals surface area (Å²) < 4.78 is 10.8. The number of hydrogen-bond donors (Lipinski definition) is 1. The van der Waals surface area contributed by atoms with E-state index in [-0.39, 0.29) is 23.8 Å². The van der Waals surface area contributed by atoms with Crippen molar-refractivity contribution >= 4 is 17.5 Å². The molecule has 1 aliphatic rings. The summed E-state index contributed by atoms with van der Waals surface area (Å²) >= 11 is 0. The number of aryl methyl sites for hydroxylation is 1. The van der Waals surface area contributed by atoms with Crippen LogP contribution in [0.15, 0.2) is 42.5 Å². The summed E-state index contributed by atoms with van der Waals surface area (Å²) in [6.45, 7) is 0.447. The standard InChI is InChI=1S/C19H20N2O4/c1-24-16-10-4-8-14(19(20)23)18(16)25-12-17(22)21-11-5-7-13-6-2-3-9-15(13)21/h2-4,6,8-10H,5,7,11-12H2,1H3,(H2,20,23). The van der Waals surface area contributed by atoms with Gasteiger partial charge in [0.15, 0.2) is 18.1 Å². The zero-order valence-electron chi connectivity index (χ0n) is 14.0. The first kappa shape index (κ1) is 16.8. The predicted octanol–water partition coefficient (Wildman–Crippen LogP) is 2.15. The van der Waals surface area contributed by atoms with Gasteiger partial charge in [0, 0.05) is 12.2 Å². The highest BCUT2D eigenvalue weighted by Crippen LogP contribution is 2.31. The maximum atomic E-state index is 12.7. The Hall–Kier alpha value is -3.02. The third-order valence-corrected chi connectivity index (χ3v) is 4.22. The molecule has 6 nitrogen and oxygen atoms in total. The van der Waals surface area contributed by atoms with Crippen molar-refractivity contribution < 1.29 is 19.1 Å². The molecule has 0 atom stereocenters. The molecular formula is C19H20N2O4. The second-order valence-electron chi connectivity index (χ2n) is 5.77. The molecule has 6 heteroatoms. The van der Waals surface area contributed by atoms with E-state index in [0.29, 0.717) is 12.3 Å². The molecule has 0 aliphatic carbocycles. The van der Waals surface area contributed by atoms with Crippen molar-refractivity contribution in [2.24, 2.45) is 5.73 Å². The first-order valence-electron chi connectivity index (χ1n) is 8.09. The van der Waals surface area contributed by atoms with Gasteiger partial charge in [-0.1, -0.05) is 24.3 Å². The number of nitrogens with zero attached hydrogens (tertiary/aromatic N) is 1. The first-order chi connectivity index (χ1) is 12.1. The molecule has 1 heterocycles. The van der Waals surface area contributed by atoms with Crippen LogP contribution in [0.25, 0.3) is 0 Å². The van der Waals surface area contributed by atoms with Gasteiger partial charge in [-0.3, -0.25) is 9.59 Å². The topological polar surface area (TPSA) is 81.9 Å². The Morgan fingerprint density at radius 1 is 1.16 bits per heavy atom. The lowest BCUT2D eigenvalue weighted by molar-refractivity contribution is -0.120. The zero-order valence-corrected chi connectivity index (χ0v) is 14.0. The van der Waals surface area contributed by atoms with Gasteiger partial charge in [0.25, 0.3) is 11.8 Å². The average Bonchev–Trinajstić information content (AvgIpc) is 2.65. The van der Waals surface area contributed by atoms with Crippen LogP contribution in [-0.4, -0.2) is 32.1 Å². The molecule has 1 aliphatic heterocycles. The Morgan fingerprint density at radius 3 is 2.72 bits per heavy atom. The number of para-hydroxylation sites is 2. The van der Waals surface area contributed by atoms with E-state index in [9.17, 15) is 9.59 Å². The van der Waals surface area contributed by atoms with E-state index >= 15 is 0 Å². The van der Waals surface area contributed by atoms with Crippen LogP contribution < -0.4 is 20.1 Å². The number of primary amides is 1. The van der Waals surface area contributed by atoms with Gasteiger partial charge >= 0.3 is 0 Å². The second kappa shape index (κ2) is 7.25. The molecule has 2 amide bonds. The van der Waals surface area contributed by atoms with Crippen LogP contribution in [0, 0.1) is 0 Å². The Kier molecular flexibility index (Phi) is 4.88. The van der Waals surface area contributed by atoms with Crippen LogP contribution in [0.2, 0.25) is 0 Å². The Labute approximate surface area is 146 Å². The van der Waals surface area contributed by atoms with Crippen molar-refractivity contribution in [1.82, 2.24) is 0 Å². The van der Waals surface area contributed by atoms with Gasteiger partial charge in [0.05, 0.1) is 12.7 Å². The molecule has 0 fully saturated rings. The van der Waals surface area contributed by atoms with Crippen LogP contribution in [0.5, 0.6) is 11.5 Å². The van der Waals surface area contributed by atoms with E-state index in [0.717, 1.165) is 24.1 Å². The maximum absolute atomic E-state index is 12.7. The number of amides is 2. The summed E-state index contributed by atoms with van der Waals surface area (Å²) in [5.74, 6) is -0.252. The highest BCUT2D eigenvalue weighted by atomic mass is 16.5. The number of methoxy groups -OCH3 is 1. The lowest BCUT2D eigenvalue weighted by Gasteiger charge is -2.29. The SMILES string of the molecule is COc1cccc(C(N)=O)c1OCC(=O)N1CCCc2ccccc21. The first-order valence-corrected chi connectivity index (χ1v) is 8.09. The molecule has 0 saturated carbocycles. The highest BCUT2D eigenvalue weighted by Gasteiger charge is 2.23. The summed E-state index contributed by atoms with van der Waals surface area (Å²) in [6.07, 6.45) is 1.86. The molecule has 0 bridgehead atoms. The van der Waals surface area contributed by atoms with E-state index in [1.807, 2.05) is 24.3 Å². The molecular weight excluding hydrogens is 320 g/mol. The van der Waals surface area contributed by atoms with Gasteiger partial charge in [-0.05, 0) is 36.6 Å². The highest BCUT2D eigenvalue weighted by molar-refractivity contribution is 5.98. The summed E-state index contributed by atoms with van der Waals surface area (Å²) in [6, 6.07) is 12.7. The number of benzene rings is 2. The molecule has 3 rings (SSSR count). The molecule has 2 N–H and O–H groups in total. The molecule has 2 aromatic rings. The predicted molar refractivity (Wildman–Crippen MR) is 94.1 cm³/mol. The fourth-order valence-corrected chi connectivity index (χ4v) is 3.02. The molecule has 2 aromatic carbocycles. The van der Waals surface area contributed by atoms with Crippen LogP contribution in [0.3, 0.4) is 0 Å². The van der Waals surface area contributed by atoms with Crippen molar-refractivity contribution in [3.63, 3.8) is 0 Å². The second-order valence-corrected chi connectivity index (χ2v) is 5.77. The minimum Gasteiger partial charge on any atom is -0.493 e. The van der Waals surface area contributed by atoms with Crippen LogP contribution in [-0.2, 0) is 11.2 Å². The van der Waals surface area contributed by atoms with Crippen LogP contribution in [0.1, 0.15) is 22.3 Å². The van der Waals surface area contributed by atoms with E-state index in [1.165, 1.54) is 7.11 Å². The largest absolute Gasteiger partial charge is 0.493 e. The molecule has 25 heavy (non-hydrogen) atoms. The lowest BCUT2D eigenvalue weighted by Crippen LogP contribution is -2.38. The Bertz CT molecular complexity index is 804. The van der Waals surface area contributed by atoms with Gasteiger partial charge in [0.2, 0.25) is 0 Å². The van der Waals surface area contributed by atoms with Gasteiger partial charge in [-0.2, -0.15) is 0 Å². The summed E-state index contributed by atoms with van der Waals surface area (Å²) in [7, 11) is 1.47. The van der Waals surface area contributed by atoms with Crippen LogP contribution >= 0.6 is 0 Å². The van der Waals surface area contributed by atoms with Crippen molar-refractivity contribution in [2.45, 2.75) is 12.8 Å². The maximum Gasteiger partial charge on any atom is 0.264 e. The number of hydrogen-bond acceptors (Lipinski definition) is 4. The number of rotatable bonds is 5. The number of fused-ring (bicyclic) bond motifs is 1. The third kappa shape index (κ3) is 3.42. The summed E-state index contributed by atoms with van der Waals surface area (Å²) in [5.41, 5.74) is 7.63. The van der Waals surface area contributed by atoms with E-state index in [4.69, 9.17) is 15.2 Å². The van der Waals surface area contributed by atoms with Crippen molar-refractivity contribution in [1.29, 1.82) is 0 Å². The van der Waals surface area contributed by atoms with Crippen molar-refractivity contribution in [3.05, 3.63) is 53.6 Å². The van der Waals surface area contributed by atoms with Gasteiger partial charge in [0.1, 0.15) is 0 Å². The number of anilines is 1. The fraction of sp³-hybridized carbons (Fsp3) is 0.263. The van der Waals surface area contributed by atoms with E-state index in [1.54, 1.807) is 23.1 Å². The minimum atomic E-state index is -0.635. The summed E-state index contributed by atoms with van der Waals surface area (Å²) in [4.78, 5) is 26.0. The molecule has 0 unspecified atom stereocenters. The fourth-order valence-electron chi connectivity index (χ4n) is 3.02. The number of ether oxygens (including phenoxy) is 2. The van der Waals surface area contributed by atoms with Crippen molar-refractivity contribution in [3.8, 4) is 11.5 Å². The van der Waals surface area contributed by atoms with Crippen molar-refractivity contribution in [2.75, 3.05) is 25.2 Å². The normalized spacial score (nSPS) is 13.1. The smallest absolute Gasteiger partial charge is 0.264 e. The number of carbonyl (C=O) groups is 2. The number of carbonyl (C=O) groups excluding carboxylic acids is 2. The monoisotopic (exact) mass is 340 g/mol. The van der Waals surface area contributed by atoms with Crippen LogP contribution in [0.4, 0.5) is 5.69 Å². The number of nitrogens with two attached hydrogens (primary N) is 1. The molecule has 130 valence electrons. The molecule has 0 radical (unpaired) electrons. The van der Waals surface area contributed by atoms with Gasteiger partial charge < -0.3 is 20.1 Å². The van der Waals surface area contributed by atoms with Gasteiger partial charge in [-0.25, -0.2) is 0 Å². The molecule has 0 spiro atoms. The molecule has 0 aromatic heterocycles. The third-order valence-electron chi connectivity index (χ3n) is 4.22. The van der Waals surface area contributed by atoms with Gasteiger partial charge in [-0.15, -0.1) is 0 Å².